The summed E-state index contributed by atoms with van der Waals surface area (Å²) in [4.78, 5) is 0. The van der Waals surface area contributed by atoms with E-state index in [2.05, 4.69) is 46.4 Å². The number of hydrogen-bond acceptors (Lipinski definition) is 3. The third-order valence-corrected chi connectivity index (χ3v) is 7.14. The fourth-order valence-electron chi connectivity index (χ4n) is 5.24. The lowest BCUT2D eigenvalue weighted by Crippen LogP contribution is -2.44. The molecule has 3 atom stereocenters. The number of allylic oxidation sites excluding steroid dienone is 1. The molecule has 1 aromatic carbocycles. The van der Waals surface area contributed by atoms with E-state index in [0.717, 1.165) is 30.6 Å². The van der Waals surface area contributed by atoms with Crippen LogP contribution in [0, 0.1) is 11.3 Å². The van der Waals surface area contributed by atoms with E-state index >= 15 is 0 Å². The molecule has 0 amide bonds. The molecule has 2 bridgehead atoms. The van der Waals surface area contributed by atoms with Crippen molar-refractivity contribution in [2.45, 2.75) is 65.8 Å². The van der Waals surface area contributed by atoms with Crippen molar-refractivity contribution in [3.8, 4) is 5.75 Å². The van der Waals surface area contributed by atoms with E-state index in [1.165, 1.54) is 16.7 Å². The Morgan fingerprint density at radius 2 is 1.83 bits per heavy atom. The first kappa shape index (κ1) is 21.9. The minimum atomic E-state index is 0.00523. The van der Waals surface area contributed by atoms with Crippen LogP contribution in [0.5, 0.6) is 5.75 Å². The largest absolute Gasteiger partial charge is 0.497 e. The van der Waals surface area contributed by atoms with Crippen LogP contribution in [0.4, 0.5) is 0 Å². The van der Waals surface area contributed by atoms with Gasteiger partial charge in [-0.05, 0) is 73.3 Å². The number of benzene rings is 1. The monoisotopic (exact) mass is 396 g/mol. The van der Waals surface area contributed by atoms with Crippen molar-refractivity contribution in [3.63, 3.8) is 0 Å². The second-order valence-electron chi connectivity index (χ2n) is 8.98. The highest BCUT2D eigenvalue weighted by Gasteiger charge is 2.45. The molecule has 2 aliphatic rings. The van der Waals surface area contributed by atoms with Gasteiger partial charge >= 0.3 is 0 Å². The van der Waals surface area contributed by atoms with Crippen LogP contribution in [-0.2, 0) is 16.1 Å². The van der Waals surface area contributed by atoms with E-state index in [1.54, 1.807) is 12.7 Å². The van der Waals surface area contributed by atoms with E-state index in [0.29, 0.717) is 12.5 Å². The van der Waals surface area contributed by atoms with E-state index < -0.39 is 0 Å². The average Bonchev–Trinajstić information content (AvgIpc) is 2.71. The Hall–Kier alpha value is -1.84. The van der Waals surface area contributed by atoms with Gasteiger partial charge in [0.2, 0.25) is 0 Å². The summed E-state index contributed by atoms with van der Waals surface area (Å²) < 4.78 is 17.9. The Morgan fingerprint density at radius 1 is 1.14 bits per heavy atom. The fourth-order valence-corrected chi connectivity index (χ4v) is 5.24. The van der Waals surface area contributed by atoms with Gasteiger partial charge in [-0.15, -0.1) is 0 Å². The van der Waals surface area contributed by atoms with Crippen LogP contribution in [0.25, 0.3) is 0 Å². The number of ether oxygens (including phenoxy) is 3. The number of rotatable bonds is 6. The second-order valence-corrected chi connectivity index (χ2v) is 8.98. The van der Waals surface area contributed by atoms with Crippen molar-refractivity contribution < 1.29 is 14.2 Å². The Labute approximate surface area is 176 Å². The molecular weight excluding hydrogens is 360 g/mol. The summed E-state index contributed by atoms with van der Waals surface area (Å²) >= 11 is 0. The van der Waals surface area contributed by atoms with Crippen molar-refractivity contribution >= 4 is 0 Å². The molecule has 158 valence electrons. The minimum absolute atomic E-state index is 0.00523. The van der Waals surface area contributed by atoms with Crippen LogP contribution in [-0.4, -0.2) is 26.4 Å². The predicted molar refractivity (Wildman–Crippen MR) is 119 cm³/mol. The van der Waals surface area contributed by atoms with E-state index in [1.807, 2.05) is 25.3 Å². The van der Waals surface area contributed by atoms with Gasteiger partial charge in [0, 0.05) is 7.11 Å². The van der Waals surface area contributed by atoms with Gasteiger partial charge in [0.1, 0.15) is 5.75 Å². The first-order valence-electron chi connectivity index (χ1n) is 10.6. The lowest BCUT2D eigenvalue weighted by molar-refractivity contribution is -0.0201. The van der Waals surface area contributed by atoms with Gasteiger partial charge in [-0.3, -0.25) is 0 Å². The SMILES string of the molecule is C=C/C1=C(\C)[C@H](OC)CC2=C(C)CCC([C@@H]1OCc1ccc(OC)cc1)C2(C)C. The van der Waals surface area contributed by atoms with Crippen molar-refractivity contribution in [3.05, 3.63) is 64.8 Å². The highest BCUT2D eigenvalue weighted by atomic mass is 16.5. The molecule has 0 aliphatic heterocycles. The van der Waals surface area contributed by atoms with Crippen LogP contribution in [0.2, 0.25) is 0 Å². The Bertz CT molecular complexity index is 798. The minimum Gasteiger partial charge on any atom is -0.497 e. The maximum Gasteiger partial charge on any atom is 0.118 e. The molecule has 29 heavy (non-hydrogen) atoms. The zero-order chi connectivity index (χ0) is 21.2. The zero-order valence-electron chi connectivity index (χ0n) is 18.9. The highest BCUT2D eigenvalue weighted by molar-refractivity contribution is 5.38. The van der Waals surface area contributed by atoms with Crippen LogP contribution >= 0.6 is 0 Å². The summed E-state index contributed by atoms with van der Waals surface area (Å²) in [5.41, 5.74) is 6.73. The molecule has 3 rings (SSSR count). The van der Waals surface area contributed by atoms with Crippen LogP contribution in [0.15, 0.2) is 59.2 Å². The molecule has 3 nitrogen and oxygen atoms in total. The molecule has 0 aromatic heterocycles. The maximum absolute atomic E-state index is 6.65. The lowest BCUT2D eigenvalue weighted by atomic mass is 9.59. The van der Waals surface area contributed by atoms with E-state index in [4.69, 9.17) is 14.2 Å². The molecule has 0 fully saturated rings. The molecule has 0 radical (unpaired) electrons. The Morgan fingerprint density at radius 3 is 2.41 bits per heavy atom. The summed E-state index contributed by atoms with van der Waals surface area (Å²) in [6.45, 7) is 14.0. The summed E-state index contributed by atoms with van der Waals surface area (Å²) in [6.07, 6.45) is 5.29. The Balaban J connectivity index is 1.99. The normalized spacial score (nSPS) is 29.2. The first-order valence-corrected chi connectivity index (χ1v) is 10.6. The maximum atomic E-state index is 6.65. The first-order chi connectivity index (χ1) is 13.8. The van der Waals surface area contributed by atoms with Crippen LogP contribution < -0.4 is 4.74 Å². The predicted octanol–water partition coefficient (Wildman–Crippen LogP) is 6.25. The van der Waals surface area contributed by atoms with E-state index in [-0.39, 0.29) is 17.6 Å². The molecule has 0 N–H and O–H groups in total. The molecular formula is C26H36O3. The number of hydrogen-bond donors (Lipinski definition) is 0. The molecule has 0 saturated carbocycles. The molecule has 0 saturated heterocycles. The fraction of sp³-hybridized carbons (Fsp3) is 0.538. The molecule has 2 aliphatic carbocycles. The third-order valence-electron chi connectivity index (χ3n) is 7.14. The van der Waals surface area contributed by atoms with E-state index in [9.17, 15) is 0 Å². The Kier molecular flexibility index (Phi) is 6.70. The van der Waals surface area contributed by atoms with Gasteiger partial charge in [-0.25, -0.2) is 0 Å². The van der Waals surface area contributed by atoms with Gasteiger partial charge < -0.3 is 14.2 Å². The van der Waals surface area contributed by atoms with Crippen molar-refractivity contribution in [2.24, 2.45) is 11.3 Å². The number of fused-ring (bicyclic) bond motifs is 2. The third kappa shape index (κ3) is 4.22. The topological polar surface area (TPSA) is 27.7 Å². The molecule has 1 unspecified atom stereocenters. The second kappa shape index (κ2) is 8.89. The van der Waals surface area contributed by atoms with Gasteiger partial charge in [0.15, 0.2) is 0 Å². The summed E-state index contributed by atoms with van der Waals surface area (Å²) in [7, 11) is 3.50. The quantitative estimate of drug-likeness (QED) is 0.532. The van der Waals surface area contributed by atoms with Gasteiger partial charge in [-0.1, -0.05) is 49.8 Å². The van der Waals surface area contributed by atoms with Crippen molar-refractivity contribution in [2.75, 3.05) is 14.2 Å². The number of methoxy groups -OCH3 is 2. The van der Waals surface area contributed by atoms with Gasteiger partial charge in [0.25, 0.3) is 0 Å². The highest BCUT2D eigenvalue weighted by Crippen LogP contribution is 2.52. The molecule has 1 aromatic rings. The molecule has 0 spiro atoms. The van der Waals surface area contributed by atoms with Crippen molar-refractivity contribution in [1.29, 1.82) is 0 Å². The summed E-state index contributed by atoms with van der Waals surface area (Å²) in [6, 6.07) is 8.13. The van der Waals surface area contributed by atoms with Gasteiger partial charge in [-0.2, -0.15) is 0 Å². The van der Waals surface area contributed by atoms with Crippen LogP contribution in [0.1, 0.15) is 52.5 Å². The van der Waals surface area contributed by atoms with Crippen molar-refractivity contribution in [1.82, 2.24) is 0 Å². The van der Waals surface area contributed by atoms with Gasteiger partial charge in [0.05, 0.1) is 25.9 Å². The average molecular weight is 397 g/mol. The van der Waals surface area contributed by atoms with Crippen LogP contribution in [0.3, 0.4) is 0 Å². The summed E-state index contributed by atoms with van der Waals surface area (Å²) in [5, 5.41) is 0. The standard InChI is InChI=1S/C26H36O3/c1-8-21-18(3)24(28-7)15-23-17(2)9-14-22(26(23,4)5)25(21)29-16-19-10-12-20(27-6)13-11-19/h8,10-13,22,24-25H,1,9,14-16H2,2-7H3/b21-18-/t22?,24-,25-/m1/s1. The summed E-state index contributed by atoms with van der Waals surface area (Å²) in [5.74, 6) is 1.28. The molecule has 0 heterocycles. The smallest absolute Gasteiger partial charge is 0.118 e. The zero-order valence-corrected chi connectivity index (χ0v) is 18.9. The lowest BCUT2D eigenvalue weighted by Gasteiger charge is -2.48. The molecule has 3 heteroatoms.